The van der Waals surface area contributed by atoms with Crippen LogP contribution in [0.2, 0.25) is 0 Å². The third-order valence-corrected chi connectivity index (χ3v) is 2.53. The minimum atomic E-state index is -0.709. The van der Waals surface area contributed by atoms with E-state index >= 15 is 0 Å². The van der Waals surface area contributed by atoms with Crippen molar-refractivity contribution in [2.45, 2.75) is 25.7 Å². The standard InChI is InChI=1S/C14H21NO3/c16-14(17)9-5-2-6-10-15-11-12-18-13-7-3-1-4-8-13/h1,3-4,7-8,15H,2,5-6,9-12H2,(H,16,17). The van der Waals surface area contributed by atoms with Gasteiger partial charge in [-0.15, -0.1) is 0 Å². The SMILES string of the molecule is O=C(O)CCCCCNCCOc1ccccc1. The molecule has 0 saturated carbocycles. The van der Waals surface area contributed by atoms with Gasteiger partial charge in [0, 0.05) is 13.0 Å². The maximum absolute atomic E-state index is 10.3. The third kappa shape index (κ3) is 7.68. The Labute approximate surface area is 108 Å². The summed E-state index contributed by atoms with van der Waals surface area (Å²) >= 11 is 0. The molecule has 0 fully saturated rings. The fraction of sp³-hybridized carbons (Fsp3) is 0.500. The average Bonchev–Trinajstić information content (AvgIpc) is 2.37. The Kier molecular flexibility index (Phi) is 7.64. The normalized spacial score (nSPS) is 10.2. The van der Waals surface area contributed by atoms with Gasteiger partial charge in [0.2, 0.25) is 0 Å². The first-order valence-corrected chi connectivity index (χ1v) is 6.39. The van der Waals surface area contributed by atoms with Gasteiger partial charge in [-0.2, -0.15) is 0 Å². The summed E-state index contributed by atoms with van der Waals surface area (Å²) in [5.74, 6) is 0.181. The molecule has 0 aliphatic heterocycles. The molecule has 1 aromatic rings. The van der Waals surface area contributed by atoms with Gasteiger partial charge < -0.3 is 15.2 Å². The molecule has 0 aromatic heterocycles. The summed E-state index contributed by atoms with van der Waals surface area (Å²) in [4.78, 5) is 10.3. The zero-order valence-electron chi connectivity index (χ0n) is 10.6. The number of carbonyl (C=O) groups is 1. The van der Waals surface area contributed by atoms with Crippen LogP contribution in [-0.4, -0.2) is 30.8 Å². The predicted octanol–water partition coefficient (Wildman–Crippen LogP) is 2.30. The molecule has 0 atom stereocenters. The van der Waals surface area contributed by atoms with Crippen molar-refractivity contribution >= 4 is 5.97 Å². The number of hydrogen-bond acceptors (Lipinski definition) is 3. The van der Waals surface area contributed by atoms with Crippen LogP contribution >= 0.6 is 0 Å². The molecule has 0 amide bonds. The zero-order valence-corrected chi connectivity index (χ0v) is 10.6. The van der Waals surface area contributed by atoms with E-state index in [0.717, 1.165) is 38.1 Å². The summed E-state index contributed by atoms with van der Waals surface area (Å²) in [7, 11) is 0. The molecule has 4 nitrogen and oxygen atoms in total. The van der Waals surface area contributed by atoms with E-state index in [1.807, 2.05) is 30.3 Å². The van der Waals surface area contributed by atoms with Crippen LogP contribution in [0.15, 0.2) is 30.3 Å². The number of para-hydroxylation sites is 1. The lowest BCUT2D eigenvalue weighted by molar-refractivity contribution is -0.137. The second-order valence-corrected chi connectivity index (χ2v) is 4.12. The number of aliphatic carboxylic acids is 1. The van der Waals surface area contributed by atoms with Crippen molar-refractivity contribution in [3.8, 4) is 5.75 Å². The van der Waals surface area contributed by atoms with E-state index in [-0.39, 0.29) is 6.42 Å². The van der Waals surface area contributed by atoms with Gasteiger partial charge in [-0.3, -0.25) is 4.79 Å². The van der Waals surface area contributed by atoms with Gasteiger partial charge in [0.25, 0.3) is 0 Å². The molecule has 0 heterocycles. The minimum Gasteiger partial charge on any atom is -0.492 e. The molecule has 1 aromatic carbocycles. The van der Waals surface area contributed by atoms with E-state index in [2.05, 4.69) is 5.32 Å². The third-order valence-electron chi connectivity index (χ3n) is 2.53. The molecular formula is C14H21NO3. The smallest absolute Gasteiger partial charge is 0.303 e. The number of hydrogen-bond donors (Lipinski definition) is 2. The predicted molar refractivity (Wildman–Crippen MR) is 70.9 cm³/mol. The summed E-state index contributed by atoms with van der Waals surface area (Å²) in [6.45, 7) is 2.38. The molecule has 2 N–H and O–H groups in total. The van der Waals surface area contributed by atoms with Crippen LogP contribution in [0.4, 0.5) is 0 Å². The van der Waals surface area contributed by atoms with Crippen molar-refractivity contribution in [1.29, 1.82) is 0 Å². The molecule has 0 aliphatic carbocycles. The van der Waals surface area contributed by atoms with Crippen LogP contribution < -0.4 is 10.1 Å². The quantitative estimate of drug-likeness (QED) is 0.626. The van der Waals surface area contributed by atoms with E-state index in [1.54, 1.807) is 0 Å². The van der Waals surface area contributed by atoms with Crippen LogP contribution in [0.1, 0.15) is 25.7 Å². The van der Waals surface area contributed by atoms with Crippen LogP contribution in [-0.2, 0) is 4.79 Å². The van der Waals surface area contributed by atoms with Crippen LogP contribution in [0.25, 0.3) is 0 Å². The van der Waals surface area contributed by atoms with E-state index in [0.29, 0.717) is 6.61 Å². The lowest BCUT2D eigenvalue weighted by Crippen LogP contribution is -2.22. The molecule has 0 saturated heterocycles. The second-order valence-electron chi connectivity index (χ2n) is 4.12. The first-order valence-electron chi connectivity index (χ1n) is 6.39. The molecule has 100 valence electrons. The number of benzene rings is 1. The summed E-state index contributed by atoms with van der Waals surface area (Å²) in [5.41, 5.74) is 0. The molecular weight excluding hydrogens is 230 g/mol. The number of ether oxygens (including phenoxy) is 1. The molecule has 4 heteroatoms. The van der Waals surface area contributed by atoms with Crippen molar-refractivity contribution in [3.05, 3.63) is 30.3 Å². The van der Waals surface area contributed by atoms with Gasteiger partial charge in [0.05, 0.1) is 0 Å². The number of unbranched alkanes of at least 4 members (excludes halogenated alkanes) is 2. The molecule has 0 spiro atoms. The highest BCUT2D eigenvalue weighted by Gasteiger charge is 1.96. The maximum Gasteiger partial charge on any atom is 0.303 e. The highest BCUT2D eigenvalue weighted by molar-refractivity contribution is 5.66. The van der Waals surface area contributed by atoms with E-state index in [4.69, 9.17) is 9.84 Å². The first-order chi connectivity index (χ1) is 8.79. The number of carboxylic acid groups (broad SMARTS) is 1. The van der Waals surface area contributed by atoms with Crippen molar-refractivity contribution < 1.29 is 14.6 Å². The van der Waals surface area contributed by atoms with Crippen molar-refractivity contribution in [2.24, 2.45) is 0 Å². The second kappa shape index (κ2) is 9.48. The van der Waals surface area contributed by atoms with Crippen molar-refractivity contribution in [1.82, 2.24) is 5.32 Å². The minimum absolute atomic E-state index is 0.275. The lowest BCUT2D eigenvalue weighted by atomic mass is 10.2. The Hall–Kier alpha value is -1.55. The Morgan fingerprint density at radius 2 is 1.89 bits per heavy atom. The Morgan fingerprint density at radius 3 is 2.61 bits per heavy atom. The molecule has 18 heavy (non-hydrogen) atoms. The Balaban J connectivity index is 1.86. The molecule has 0 unspecified atom stereocenters. The van der Waals surface area contributed by atoms with Crippen LogP contribution in [0.3, 0.4) is 0 Å². The van der Waals surface area contributed by atoms with Gasteiger partial charge >= 0.3 is 5.97 Å². The van der Waals surface area contributed by atoms with Gasteiger partial charge in [-0.25, -0.2) is 0 Å². The van der Waals surface area contributed by atoms with E-state index in [1.165, 1.54) is 0 Å². The number of rotatable bonds is 10. The topological polar surface area (TPSA) is 58.6 Å². The van der Waals surface area contributed by atoms with Crippen molar-refractivity contribution in [3.63, 3.8) is 0 Å². The largest absolute Gasteiger partial charge is 0.492 e. The first kappa shape index (κ1) is 14.5. The molecule has 0 radical (unpaired) electrons. The highest BCUT2D eigenvalue weighted by atomic mass is 16.5. The van der Waals surface area contributed by atoms with Gasteiger partial charge in [0.15, 0.2) is 0 Å². The number of carboxylic acids is 1. The zero-order chi connectivity index (χ0) is 13.1. The van der Waals surface area contributed by atoms with Crippen LogP contribution in [0, 0.1) is 0 Å². The monoisotopic (exact) mass is 251 g/mol. The molecule has 0 bridgehead atoms. The van der Waals surface area contributed by atoms with Gasteiger partial charge in [-0.1, -0.05) is 24.6 Å². The highest BCUT2D eigenvalue weighted by Crippen LogP contribution is 2.07. The summed E-state index contributed by atoms with van der Waals surface area (Å²) in [5, 5.41) is 11.7. The van der Waals surface area contributed by atoms with E-state index in [9.17, 15) is 4.79 Å². The lowest BCUT2D eigenvalue weighted by Gasteiger charge is -2.07. The fourth-order valence-corrected chi connectivity index (χ4v) is 1.59. The number of nitrogens with one attached hydrogen (secondary N) is 1. The maximum atomic E-state index is 10.3. The van der Waals surface area contributed by atoms with Gasteiger partial charge in [0.1, 0.15) is 12.4 Å². The summed E-state index contributed by atoms with van der Waals surface area (Å²) in [6, 6.07) is 9.73. The van der Waals surface area contributed by atoms with Gasteiger partial charge in [-0.05, 0) is 31.5 Å². The van der Waals surface area contributed by atoms with Crippen LogP contribution in [0.5, 0.6) is 5.75 Å². The molecule has 1 rings (SSSR count). The summed E-state index contributed by atoms with van der Waals surface area (Å²) < 4.78 is 5.52. The van der Waals surface area contributed by atoms with Crippen molar-refractivity contribution in [2.75, 3.05) is 19.7 Å². The molecule has 0 aliphatic rings. The Bertz CT molecular complexity index is 327. The fourth-order valence-electron chi connectivity index (χ4n) is 1.59. The average molecular weight is 251 g/mol. The van der Waals surface area contributed by atoms with E-state index < -0.39 is 5.97 Å². The summed E-state index contributed by atoms with van der Waals surface area (Å²) in [6.07, 6.45) is 3.01. The Morgan fingerprint density at radius 1 is 1.11 bits per heavy atom.